The van der Waals surface area contributed by atoms with Crippen LogP contribution >= 0.6 is 27.5 Å². The highest BCUT2D eigenvalue weighted by molar-refractivity contribution is 9.10. The number of carbonyl (C=O) groups is 2. The second-order valence-electron chi connectivity index (χ2n) is 8.46. The molecule has 7 nitrogen and oxygen atoms in total. The lowest BCUT2D eigenvalue weighted by Crippen LogP contribution is -2.53. The molecule has 3 aromatic carbocycles. The van der Waals surface area contributed by atoms with Crippen LogP contribution in [0.3, 0.4) is 0 Å². The zero-order chi connectivity index (χ0) is 27.0. The van der Waals surface area contributed by atoms with Gasteiger partial charge in [0.25, 0.3) is 0 Å². The van der Waals surface area contributed by atoms with Gasteiger partial charge in [-0.2, -0.15) is 4.31 Å². The third-order valence-corrected chi connectivity index (χ3v) is 8.37. The third kappa shape index (κ3) is 7.88. The average molecular weight is 607 g/mol. The standard InChI is InChI=1S/C27H29BrClN3O4S/c1-3-30-27(34)25(17-20-7-5-4-6-8-20)32(18-21-9-11-22(28)12-10-21)26(33)19-31(2)37(35,36)24-15-13-23(29)14-16-24/h4-16,25H,3,17-19H2,1-2H3,(H,30,34)/t25-/m1/s1. The van der Waals surface area contributed by atoms with Crippen molar-refractivity contribution < 1.29 is 18.0 Å². The van der Waals surface area contributed by atoms with Crippen LogP contribution in [0, 0.1) is 0 Å². The van der Waals surface area contributed by atoms with Crippen LogP contribution in [0.25, 0.3) is 0 Å². The maximum absolute atomic E-state index is 13.7. The minimum atomic E-state index is -3.96. The minimum absolute atomic E-state index is 0.0243. The van der Waals surface area contributed by atoms with Crippen molar-refractivity contribution in [3.05, 3.63) is 99.5 Å². The van der Waals surface area contributed by atoms with Crippen molar-refractivity contribution in [2.45, 2.75) is 30.8 Å². The Kier molecular flexibility index (Phi) is 10.3. The molecule has 0 aliphatic carbocycles. The van der Waals surface area contributed by atoms with Gasteiger partial charge in [0.15, 0.2) is 0 Å². The van der Waals surface area contributed by atoms with Crippen LogP contribution in [0.2, 0.25) is 5.02 Å². The number of halogens is 2. The van der Waals surface area contributed by atoms with Crippen molar-refractivity contribution in [2.24, 2.45) is 0 Å². The third-order valence-electron chi connectivity index (χ3n) is 5.77. The molecule has 0 fully saturated rings. The Morgan fingerprint density at radius 2 is 1.57 bits per heavy atom. The Labute approximate surface area is 231 Å². The molecule has 0 radical (unpaired) electrons. The number of nitrogens with one attached hydrogen (secondary N) is 1. The summed E-state index contributed by atoms with van der Waals surface area (Å²) in [4.78, 5) is 28.4. The largest absolute Gasteiger partial charge is 0.355 e. The second kappa shape index (κ2) is 13.2. The summed E-state index contributed by atoms with van der Waals surface area (Å²) in [5.74, 6) is -0.796. The molecule has 0 heterocycles. The van der Waals surface area contributed by atoms with Gasteiger partial charge in [0, 0.05) is 36.1 Å². The van der Waals surface area contributed by atoms with Gasteiger partial charge in [-0.25, -0.2) is 8.42 Å². The van der Waals surface area contributed by atoms with E-state index >= 15 is 0 Å². The van der Waals surface area contributed by atoms with E-state index in [0.717, 1.165) is 19.9 Å². The van der Waals surface area contributed by atoms with Gasteiger partial charge in [-0.15, -0.1) is 0 Å². The van der Waals surface area contributed by atoms with Gasteiger partial charge in [-0.1, -0.05) is 70.0 Å². The van der Waals surface area contributed by atoms with E-state index in [4.69, 9.17) is 11.6 Å². The Morgan fingerprint density at radius 3 is 2.16 bits per heavy atom. The van der Waals surface area contributed by atoms with Gasteiger partial charge in [-0.3, -0.25) is 9.59 Å². The molecule has 0 bridgehead atoms. The van der Waals surface area contributed by atoms with Gasteiger partial charge < -0.3 is 10.2 Å². The number of hydrogen-bond acceptors (Lipinski definition) is 4. The summed E-state index contributed by atoms with van der Waals surface area (Å²) in [5, 5.41) is 3.23. The number of likely N-dealkylation sites (N-methyl/N-ethyl adjacent to an activating group) is 2. The van der Waals surface area contributed by atoms with E-state index in [1.54, 1.807) is 0 Å². The van der Waals surface area contributed by atoms with Gasteiger partial charge in [0.2, 0.25) is 21.8 Å². The molecule has 0 aliphatic heterocycles. The minimum Gasteiger partial charge on any atom is -0.355 e. The molecule has 0 aliphatic rings. The van der Waals surface area contributed by atoms with E-state index in [-0.39, 0.29) is 23.8 Å². The van der Waals surface area contributed by atoms with Gasteiger partial charge in [-0.05, 0) is 54.4 Å². The van der Waals surface area contributed by atoms with E-state index in [0.29, 0.717) is 11.6 Å². The lowest BCUT2D eigenvalue weighted by Gasteiger charge is -2.32. The smallest absolute Gasteiger partial charge is 0.243 e. The molecule has 3 rings (SSSR count). The molecule has 10 heteroatoms. The first-order valence-corrected chi connectivity index (χ1v) is 14.3. The molecule has 0 aromatic heterocycles. The van der Waals surface area contributed by atoms with Crippen molar-refractivity contribution in [3.8, 4) is 0 Å². The Morgan fingerprint density at radius 1 is 0.946 bits per heavy atom. The maximum atomic E-state index is 13.7. The van der Waals surface area contributed by atoms with Crippen molar-refractivity contribution in [3.63, 3.8) is 0 Å². The van der Waals surface area contributed by atoms with E-state index in [2.05, 4.69) is 21.2 Å². The first kappa shape index (κ1) is 28.8. The van der Waals surface area contributed by atoms with Crippen molar-refractivity contribution in [2.75, 3.05) is 20.1 Å². The predicted molar refractivity (Wildman–Crippen MR) is 149 cm³/mol. The molecule has 3 aromatic rings. The summed E-state index contributed by atoms with van der Waals surface area (Å²) >= 11 is 9.31. The van der Waals surface area contributed by atoms with Gasteiger partial charge in [0.1, 0.15) is 6.04 Å². The summed E-state index contributed by atoms with van der Waals surface area (Å²) in [6.07, 6.45) is 0.280. The highest BCUT2D eigenvalue weighted by atomic mass is 79.9. The van der Waals surface area contributed by atoms with Crippen LogP contribution in [-0.4, -0.2) is 55.6 Å². The molecule has 1 N–H and O–H groups in total. The van der Waals surface area contributed by atoms with E-state index in [1.165, 1.54) is 36.2 Å². The van der Waals surface area contributed by atoms with Crippen LogP contribution in [0.1, 0.15) is 18.1 Å². The van der Waals surface area contributed by atoms with E-state index in [1.807, 2.05) is 61.5 Å². The highest BCUT2D eigenvalue weighted by Gasteiger charge is 2.32. The Bertz CT molecular complexity index is 1300. The predicted octanol–water partition coefficient (Wildman–Crippen LogP) is 4.50. The zero-order valence-electron chi connectivity index (χ0n) is 20.6. The maximum Gasteiger partial charge on any atom is 0.243 e. The van der Waals surface area contributed by atoms with Gasteiger partial charge >= 0.3 is 0 Å². The molecule has 2 amide bonds. The Hall–Kier alpha value is -2.72. The quantitative estimate of drug-likeness (QED) is 0.348. The highest BCUT2D eigenvalue weighted by Crippen LogP contribution is 2.20. The number of nitrogens with zero attached hydrogens (tertiary/aromatic N) is 2. The molecule has 196 valence electrons. The average Bonchev–Trinajstić information content (AvgIpc) is 2.88. The fraction of sp³-hybridized carbons (Fsp3) is 0.259. The summed E-state index contributed by atoms with van der Waals surface area (Å²) < 4.78 is 28.1. The molecule has 1 atom stereocenters. The van der Waals surface area contributed by atoms with Crippen LogP contribution < -0.4 is 5.32 Å². The fourth-order valence-electron chi connectivity index (χ4n) is 3.79. The van der Waals surface area contributed by atoms with Gasteiger partial charge in [0.05, 0.1) is 11.4 Å². The van der Waals surface area contributed by atoms with E-state index < -0.39 is 28.5 Å². The second-order valence-corrected chi connectivity index (χ2v) is 11.9. The van der Waals surface area contributed by atoms with Crippen LogP contribution in [0.4, 0.5) is 0 Å². The number of sulfonamides is 1. The summed E-state index contributed by atoms with van der Waals surface area (Å²) in [6, 6.07) is 21.7. The van der Waals surface area contributed by atoms with Crippen LogP contribution in [0.15, 0.2) is 88.2 Å². The number of amides is 2. The fourth-order valence-corrected chi connectivity index (χ4v) is 5.30. The van der Waals surface area contributed by atoms with Crippen molar-refractivity contribution in [1.82, 2.24) is 14.5 Å². The molecule has 0 saturated heterocycles. The lowest BCUT2D eigenvalue weighted by atomic mass is 10.0. The van der Waals surface area contributed by atoms with E-state index in [9.17, 15) is 18.0 Å². The lowest BCUT2D eigenvalue weighted by molar-refractivity contribution is -0.141. The number of rotatable bonds is 11. The topological polar surface area (TPSA) is 86.8 Å². The summed E-state index contributed by atoms with van der Waals surface area (Å²) in [6.45, 7) is 1.90. The number of hydrogen-bond donors (Lipinski definition) is 1. The molecule has 37 heavy (non-hydrogen) atoms. The zero-order valence-corrected chi connectivity index (χ0v) is 23.8. The van der Waals surface area contributed by atoms with Crippen LogP contribution in [-0.2, 0) is 32.6 Å². The molecule has 0 saturated carbocycles. The normalized spacial score (nSPS) is 12.2. The SMILES string of the molecule is CCNC(=O)[C@@H](Cc1ccccc1)N(Cc1ccc(Br)cc1)C(=O)CN(C)S(=O)(=O)c1ccc(Cl)cc1. The van der Waals surface area contributed by atoms with Crippen molar-refractivity contribution in [1.29, 1.82) is 0 Å². The summed E-state index contributed by atoms with van der Waals surface area (Å²) in [5.41, 5.74) is 1.69. The van der Waals surface area contributed by atoms with Crippen molar-refractivity contribution >= 4 is 49.4 Å². The first-order chi connectivity index (χ1) is 17.6. The summed E-state index contributed by atoms with van der Waals surface area (Å²) in [7, 11) is -2.61. The molecular formula is C27H29BrClN3O4S. The Balaban J connectivity index is 1.94. The molecule has 0 unspecified atom stereocenters. The first-order valence-electron chi connectivity index (χ1n) is 11.7. The number of benzene rings is 3. The molecule has 0 spiro atoms. The molecular weight excluding hydrogens is 578 g/mol. The number of carbonyl (C=O) groups excluding carboxylic acids is 2. The monoisotopic (exact) mass is 605 g/mol. The van der Waals surface area contributed by atoms with Crippen LogP contribution in [0.5, 0.6) is 0 Å².